The minimum absolute atomic E-state index is 0.00121. The number of nitrogens with one attached hydrogen (secondary N) is 1. The molecule has 176 valence electrons. The summed E-state index contributed by atoms with van der Waals surface area (Å²) in [5.74, 6) is -1.64. The summed E-state index contributed by atoms with van der Waals surface area (Å²) in [5.41, 5.74) is 3.37. The van der Waals surface area contributed by atoms with Crippen molar-refractivity contribution in [2.45, 2.75) is 46.5 Å². The van der Waals surface area contributed by atoms with Gasteiger partial charge < -0.3 is 9.84 Å². The maximum Gasteiger partial charge on any atom is 0.335 e. The summed E-state index contributed by atoms with van der Waals surface area (Å²) >= 11 is 0. The van der Waals surface area contributed by atoms with Crippen molar-refractivity contribution in [3.63, 3.8) is 0 Å². The van der Waals surface area contributed by atoms with Gasteiger partial charge in [0, 0.05) is 6.07 Å². The summed E-state index contributed by atoms with van der Waals surface area (Å²) in [6.07, 6.45) is 2.18. The number of nitro benzene ring substituents is 1. The molecule has 0 saturated heterocycles. The zero-order chi connectivity index (χ0) is 24.8. The highest BCUT2D eigenvalue weighted by atomic mass is 16.6. The van der Waals surface area contributed by atoms with Gasteiger partial charge in [0.15, 0.2) is 12.4 Å². The van der Waals surface area contributed by atoms with Crippen LogP contribution in [0.4, 0.5) is 5.69 Å². The molecule has 0 aliphatic rings. The van der Waals surface area contributed by atoms with E-state index in [1.165, 1.54) is 30.5 Å². The van der Waals surface area contributed by atoms with Gasteiger partial charge in [0.25, 0.3) is 5.91 Å². The number of hydrogen-bond donors (Lipinski definition) is 2. The molecule has 1 amide bonds. The Morgan fingerprint density at radius 3 is 2.30 bits per heavy atom. The summed E-state index contributed by atoms with van der Waals surface area (Å²) < 4.78 is 5.38. The number of hydrazone groups is 1. The minimum Gasteiger partial charge on any atom is -0.478 e. The maximum atomic E-state index is 12.0. The molecule has 0 spiro atoms. The molecule has 9 nitrogen and oxygen atoms in total. The average molecular weight is 456 g/mol. The Kier molecular flexibility index (Phi) is 7.92. The molecule has 2 rings (SSSR count). The number of carboxylic acids is 1. The summed E-state index contributed by atoms with van der Waals surface area (Å²) in [6.45, 7) is 9.98. The number of carbonyl (C=O) groups excluding carboxylic acids is 1. The van der Waals surface area contributed by atoms with Crippen molar-refractivity contribution in [3.8, 4) is 5.75 Å². The normalized spacial score (nSPS) is 11.9. The number of carboxylic acid groups (broad SMARTS) is 1. The van der Waals surface area contributed by atoms with Crippen LogP contribution in [-0.4, -0.2) is 34.7 Å². The Balaban J connectivity index is 2.02. The van der Waals surface area contributed by atoms with Crippen molar-refractivity contribution in [1.29, 1.82) is 0 Å². The van der Waals surface area contributed by atoms with Crippen molar-refractivity contribution >= 4 is 23.8 Å². The van der Waals surface area contributed by atoms with Crippen molar-refractivity contribution < 1.29 is 24.4 Å². The SMILES string of the molecule is CC(C)(C)CC(C)(C)c1ccc(OCC(=O)NN=Cc2ccc(C(=O)O)cc2)c([N+](=O)[O-])c1. The lowest BCUT2D eigenvalue weighted by atomic mass is 9.72. The maximum absolute atomic E-state index is 12.0. The fraction of sp³-hybridized carbons (Fsp3) is 0.375. The zero-order valence-corrected chi connectivity index (χ0v) is 19.4. The van der Waals surface area contributed by atoms with Gasteiger partial charge in [-0.2, -0.15) is 5.10 Å². The molecule has 0 saturated carbocycles. The van der Waals surface area contributed by atoms with Crippen LogP contribution in [0.25, 0.3) is 0 Å². The van der Waals surface area contributed by atoms with E-state index in [0.29, 0.717) is 5.56 Å². The van der Waals surface area contributed by atoms with Crippen molar-refractivity contribution in [2.24, 2.45) is 10.5 Å². The van der Waals surface area contributed by atoms with Gasteiger partial charge in [-0.25, -0.2) is 10.2 Å². The van der Waals surface area contributed by atoms with Gasteiger partial charge in [0.1, 0.15) is 0 Å². The van der Waals surface area contributed by atoms with Crippen LogP contribution in [-0.2, 0) is 10.2 Å². The topological polar surface area (TPSA) is 131 Å². The predicted molar refractivity (Wildman–Crippen MR) is 125 cm³/mol. The van der Waals surface area contributed by atoms with Crippen LogP contribution in [0.3, 0.4) is 0 Å². The van der Waals surface area contributed by atoms with E-state index in [9.17, 15) is 19.7 Å². The standard InChI is InChI=1S/C24H29N3O6/c1-23(2,3)15-24(4,5)18-10-11-20(19(12-18)27(31)32)33-14-21(28)26-25-13-16-6-8-17(9-7-16)22(29)30/h6-13H,14-15H2,1-5H3,(H,26,28)(H,29,30). The van der Waals surface area contributed by atoms with E-state index in [4.69, 9.17) is 9.84 Å². The number of amides is 1. The molecule has 33 heavy (non-hydrogen) atoms. The van der Waals surface area contributed by atoms with Gasteiger partial charge in [-0.15, -0.1) is 0 Å². The molecule has 0 atom stereocenters. The van der Waals surface area contributed by atoms with Crippen LogP contribution in [0.15, 0.2) is 47.6 Å². The van der Waals surface area contributed by atoms with Crippen LogP contribution < -0.4 is 10.2 Å². The lowest BCUT2D eigenvalue weighted by Crippen LogP contribution is -2.26. The molecule has 0 aromatic heterocycles. The van der Waals surface area contributed by atoms with Gasteiger partial charge in [-0.3, -0.25) is 14.9 Å². The number of nitrogens with zero attached hydrogens (tertiary/aromatic N) is 2. The van der Waals surface area contributed by atoms with Crippen LogP contribution in [0.5, 0.6) is 5.75 Å². The van der Waals surface area contributed by atoms with Crippen molar-refractivity contribution in [3.05, 3.63) is 69.3 Å². The van der Waals surface area contributed by atoms with E-state index in [0.717, 1.165) is 12.0 Å². The van der Waals surface area contributed by atoms with E-state index >= 15 is 0 Å². The van der Waals surface area contributed by atoms with Crippen LogP contribution in [0, 0.1) is 15.5 Å². The number of rotatable bonds is 9. The average Bonchev–Trinajstić information content (AvgIpc) is 2.70. The zero-order valence-electron chi connectivity index (χ0n) is 19.4. The fourth-order valence-electron chi connectivity index (χ4n) is 3.70. The molecule has 0 unspecified atom stereocenters. The smallest absolute Gasteiger partial charge is 0.335 e. The molecule has 0 bridgehead atoms. The molecule has 2 aromatic rings. The summed E-state index contributed by atoms with van der Waals surface area (Å²) in [6, 6.07) is 10.7. The predicted octanol–water partition coefficient (Wildman–Crippen LogP) is 4.54. The fourth-order valence-corrected chi connectivity index (χ4v) is 3.70. The monoisotopic (exact) mass is 455 g/mol. The molecule has 9 heteroatoms. The third kappa shape index (κ3) is 7.71. The number of nitro groups is 1. The Bertz CT molecular complexity index is 1050. The Morgan fingerprint density at radius 2 is 1.76 bits per heavy atom. The first kappa shape index (κ1) is 25.5. The Labute approximate surface area is 192 Å². The molecule has 2 N–H and O–H groups in total. The number of aromatic carboxylic acids is 1. The Morgan fingerprint density at radius 1 is 1.12 bits per heavy atom. The molecule has 2 aromatic carbocycles. The first-order valence-electron chi connectivity index (χ1n) is 10.4. The van der Waals surface area contributed by atoms with Crippen molar-refractivity contribution in [2.75, 3.05) is 6.61 Å². The lowest BCUT2D eigenvalue weighted by molar-refractivity contribution is -0.385. The summed E-state index contributed by atoms with van der Waals surface area (Å²) in [5, 5.41) is 24.3. The molecule has 0 aliphatic carbocycles. The van der Waals surface area contributed by atoms with Gasteiger partial charge in [-0.05, 0) is 46.6 Å². The largest absolute Gasteiger partial charge is 0.478 e. The number of ether oxygens (including phenoxy) is 1. The molecule has 0 aliphatic heterocycles. The van der Waals surface area contributed by atoms with E-state index in [1.807, 2.05) is 13.8 Å². The van der Waals surface area contributed by atoms with Gasteiger partial charge in [0.05, 0.1) is 16.7 Å². The second kappa shape index (κ2) is 10.2. The summed E-state index contributed by atoms with van der Waals surface area (Å²) in [4.78, 5) is 33.9. The van der Waals surface area contributed by atoms with E-state index in [2.05, 4.69) is 31.3 Å². The lowest BCUT2D eigenvalue weighted by Gasteiger charge is -2.33. The Hall–Kier alpha value is -3.75. The van der Waals surface area contributed by atoms with Crippen LogP contribution >= 0.6 is 0 Å². The summed E-state index contributed by atoms with van der Waals surface area (Å²) in [7, 11) is 0. The molecule has 0 radical (unpaired) electrons. The highest BCUT2D eigenvalue weighted by Gasteiger charge is 2.29. The number of hydrogen-bond acceptors (Lipinski definition) is 6. The van der Waals surface area contributed by atoms with Crippen molar-refractivity contribution in [1.82, 2.24) is 5.43 Å². The van der Waals surface area contributed by atoms with Gasteiger partial charge in [0.2, 0.25) is 0 Å². The highest BCUT2D eigenvalue weighted by Crippen LogP contribution is 2.39. The second-order valence-electron chi connectivity index (χ2n) is 9.57. The third-order valence-corrected chi connectivity index (χ3v) is 4.83. The quantitative estimate of drug-likeness (QED) is 0.324. The van der Waals surface area contributed by atoms with Crippen LogP contribution in [0.2, 0.25) is 0 Å². The molecular formula is C24H29N3O6. The first-order valence-corrected chi connectivity index (χ1v) is 10.4. The minimum atomic E-state index is -1.04. The van der Waals surface area contributed by atoms with E-state index in [-0.39, 0.29) is 27.8 Å². The molecule has 0 heterocycles. The molecular weight excluding hydrogens is 426 g/mol. The van der Waals surface area contributed by atoms with Crippen LogP contribution in [0.1, 0.15) is 62.5 Å². The molecule has 0 fully saturated rings. The van der Waals surface area contributed by atoms with E-state index in [1.54, 1.807) is 18.2 Å². The number of benzene rings is 2. The third-order valence-electron chi connectivity index (χ3n) is 4.83. The van der Waals surface area contributed by atoms with E-state index < -0.39 is 23.4 Å². The second-order valence-corrected chi connectivity index (χ2v) is 9.57. The first-order chi connectivity index (χ1) is 15.3. The number of carbonyl (C=O) groups is 2. The van der Waals surface area contributed by atoms with Gasteiger partial charge >= 0.3 is 11.7 Å². The highest BCUT2D eigenvalue weighted by molar-refractivity contribution is 5.89. The van der Waals surface area contributed by atoms with Gasteiger partial charge in [-0.1, -0.05) is 52.8 Å².